The summed E-state index contributed by atoms with van der Waals surface area (Å²) < 4.78 is 73.3. The molecule has 2 fully saturated rings. The first-order valence-corrected chi connectivity index (χ1v) is 7.57. The van der Waals surface area contributed by atoms with Gasteiger partial charge >= 0.3 is 50.4 Å². The van der Waals surface area contributed by atoms with Crippen LogP contribution in [0.25, 0.3) is 0 Å². The molecular weight excluding hydrogens is 351 g/mol. The summed E-state index contributed by atoms with van der Waals surface area (Å²) in [5.74, 6) is 0. The van der Waals surface area contributed by atoms with Gasteiger partial charge in [-0.2, -0.15) is 16.8 Å². The summed E-state index contributed by atoms with van der Waals surface area (Å²) in [5.41, 5.74) is 0. The standard InChI is InChI=1S/C6H10O4.Na.2H2O4S.H/c7-3-1-9-6-4(8)2-10-5(3)6;;2*1-5(2,3)4;/h3-8H,1-2H2;;2*(H2,1,2,3,4);/t3-,4+,5-,6-;;;;/m1..../s1. The molecule has 0 unspecified atom stereocenters. The molecule has 2 rings (SSSR count). The Labute approximate surface area is 142 Å². The molecule has 6 N–H and O–H groups in total. The van der Waals surface area contributed by atoms with Crippen molar-refractivity contribution in [2.24, 2.45) is 0 Å². The number of rotatable bonds is 0. The maximum absolute atomic E-state index is 9.16. The van der Waals surface area contributed by atoms with Crippen LogP contribution in [0, 0.1) is 0 Å². The van der Waals surface area contributed by atoms with Crippen LogP contribution in [0.3, 0.4) is 0 Å². The van der Waals surface area contributed by atoms with E-state index in [0.717, 1.165) is 0 Å². The molecule has 12 nitrogen and oxygen atoms in total. The van der Waals surface area contributed by atoms with Crippen LogP contribution >= 0.6 is 0 Å². The van der Waals surface area contributed by atoms with Crippen LogP contribution in [0.5, 0.6) is 0 Å². The van der Waals surface area contributed by atoms with Gasteiger partial charge in [0, 0.05) is 0 Å². The van der Waals surface area contributed by atoms with Crippen molar-refractivity contribution < 1.29 is 54.7 Å². The molecule has 0 aromatic rings. The van der Waals surface area contributed by atoms with Gasteiger partial charge in [0.15, 0.2) is 0 Å². The molecule has 0 bridgehead atoms. The Kier molecular flexibility index (Phi) is 11.0. The van der Waals surface area contributed by atoms with Crippen LogP contribution in [0.15, 0.2) is 0 Å². The molecule has 21 heavy (non-hydrogen) atoms. The van der Waals surface area contributed by atoms with E-state index >= 15 is 0 Å². The molecule has 15 heteroatoms. The average molecular weight is 366 g/mol. The number of hydrogen-bond acceptors (Lipinski definition) is 8. The molecule has 0 spiro atoms. The van der Waals surface area contributed by atoms with E-state index in [-0.39, 0.29) is 55.0 Å². The van der Waals surface area contributed by atoms with Crippen LogP contribution in [0.4, 0.5) is 0 Å². The third kappa shape index (κ3) is 13.9. The van der Waals surface area contributed by atoms with Gasteiger partial charge in [0.1, 0.15) is 24.4 Å². The Morgan fingerprint density at radius 1 is 0.714 bits per heavy atom. The van der Waals surface area contributed by atoms with Crippen molar-refractivity contribution in [3.8, 4) is 0 Å². The normalized spacial score (nSPS) is 31.0. The van der Waals surface area contributed by atoms with Crippen molar-refractivity contribution in [1.82, 2.24) is 0 Å². The Morgan fingerprint density at radius 3 is 1.10 bits per heavy atom. The zero-order chi connectivity index (χ0) is 16.1. The first kappa shape index (κ1) is 23.8. The zero-order valence-corrected chi connectivity index (χ0v) is 11.3. The van der Waals surface area contributed by atoms with E-state index in [9.17, 15) is 0 Å². The third-order valence-corrected chi connectivity index (χ3v) is 2.00. The molecule has 0 radical (unpaired) electrons. The van der Waals surface area contributed by atoms with E-state index in [1.165, 1.54) is 0 Å². The van der Waals surface area contributed by atoms with Gasteiger partial charge in [0.2, 0.25) is 0 Å². The second kappa shape index (κ2) is 9.66. The van der Waals surface area contributed by atoms with Crippen molar-refractivity contribution in [3.63, 3.8) is 0 Å². The van der Waals surface area contributed by atoms with Gasteiger partial charge in [-0.05, 0) is 0 Å². The van der Waals surface area contributed by atoms with Crippen LogP contribution in [-0.2, 0) is 30.3 Å². The van der Waals surface area contributed by atoms with E-state index < -0.39 is 33.0 Å². The zero-order valence-electron chi connectivity index (χ0n) is 9.67. The molecule has 0 aliphatic carbocycles. The minimum atomic E-state index is -4.67. The molecule has 124 valence electrons. The fourth-order valence-corrected chi connectivity index (χ4v) is 1.46. The monoisotopic (exact) mass is 366 g/mol. The van der Waals surface area contributed by atoms with Gasteiger partial charge in [-0.1, -0.05) is 0 Å². The molecule has 0 aromatic carbocycles. The van der Waals surface area contributed by atoms with E-state index in [0.29, 0.717) is 0 Å². The molecule has 0 aromatic heterocycles. The molecule has 4 atom stereocenters. The van der Waals surface area contributed by atoms with Crippen molar-refractivity contribution in [2.45, 2.75) is 24.4 Å². The summed E-state index contributed by atoms with van der Waals surface area (Å²) in [6.45, 7) is 0.568. The second-order valence-electron chi connectivity index (χ2n) is 3.63. The topological polar surface area (TPSA) is 208 Å². The van der Waals surface area contributed by atoms with Crippen LogP contribution in [0.1, 0.15) is 0 Å². The van der Waals surface area contributed by atoms with Crippen molar-refractivity contribution in [2.75, 3.05) is 13.2 Å². The second-order valence-corrected chi connectivity index (χ2v) is 5.42. The van der Waals surface area contributed by atoms with E-state index in [1.807, 2.05) is 0 Å². The predicted molar refractivity (Wildman–Crippen MR) is 67.0 cm³/mol. The summed E-state index contributed by atoms with van der Waals surface area (Å²) in [6.07, 6.45) is -1.70. The predicted octanol–water partition coefficient (Wildman–Crippen LogP) is -3.45. The van der Waals surface area contributed by atoms with Crippen LogP contribution in [-0.4, -0.2) is 112 Å². The summed E-state index contributed by atoms with van der Waals surface area (Å²) >= 11 is 0. The fraction of sp³-hybridized carbons (Fsp3) is 1.00. The van der Waals surface area contributed by atoms with Crippen LogP contribution < -0.4 is 0 Å². The Hall–Kier alpha value is 0.580. The number of aliphatic hydroxyl groups excluding tert-OH is 2. The van der Waals surface area contributed by atoms with E-state index in [1.54, 1.807) is 0 Å². The van der Waals surface area contributed by atoms with Gasteiger partial charge in [0.25, 0.3) is 0 Å². The SMILES string of the molecule is O=S(=O)(O)O.O=S(=O)(O)O.O[C@@H]1CO[C@H]2[C@@H]1OC[C@@H]2O.[NaH]. The summed E-state index contributed by atoms with van der Waals surface area (Å²) in [6, 6.07) is 0. The van der Waals surface area contributed by atoms with Crippen molar-refractivity contribution in [3.05, 3.63) is 0 Å². The molecule has 2 saturated heterocycles. The maximum atomic E-state index is 9.16. The van der Waals surface area contributed by atoms with E-state index in [2.05, 4.69) is 0 Å². The van der Waals surface area contributed by atoms with Gasteiger partial charge in [-0.15, -0.1) is 0 Å². The van der Waals surface area contributed by atoms with Gasteiger partial charge in [0.05, 0.1) is 13.2 Å². The summed E-state index contributed by atoms with van der Waals surface area (Å²) in [7, 11) is -9.33. The first-order chi connectivity index (χ1) is 8.79. The van der Waals surface area contributed by atoms with Gasteiger partial charge in [-0.3, -0.25) is 18.2 Å². The Balaban J connectivity index is 0. The minimum absolute atomic E-state index is 0. The molecule has 0 saturated carbocycles. The van der Waals surface area contributed by atoms with Gasteiger partial charge < -0.3 is 19.7 Å². The summed E-state index contributed by atoms with van der Waals surface area (Å²) in [4.78, 5) is 0. The first-order valence-electron chi connectivity index (χ1n) is 4.78. The quantitative estimate of drug-likeness (QED) is 0.183. The molecular formula is C6H15NaO12S2. The number of fused-ring (bicyclic) bond motifs is 1. The number of aliphatic hydroxyl groups is 2. The number of hydrogen-bond donors (Lipinski definition) is 6. The molecule has 2 aliphatic rings. The van der Waals surface area contributed by atoms with Crippen molar-refractivity contribution in [1.29, 1.82) is 0 Å². The van der Waals surface area contributed by atoms with E-state index in [4.69, 9.17) is 54.7 Å². The Morgan fingerprint density at radius 2 is 0.905 bits per heavy atom. The van der Waals surface area contributed by atoms with Gasteiger partial charge in [-0.25, -0.2) is 0 Å². The molecule has 2 heterocycles. The average Bonchev–Trinajstić information content (AvgIpc) is 2.67. The fourth-order valence-electron chi connectivity index (χ4n) is 1.46. The van der Waals surface area contributed by atoms with Crippen molar-refractivity contribution >= 4 is 50.4 Å². The van der Waals surface area contributed by atoms with Crippen LogP contribution in [0.2, 0.25) is 0 Å². The third-order valence-electron chi connectivity index (χ3n) is 2.00. The molecule has 0 amide bonds. The summed E-state index contributed by atoms with van der Waals surface area (Å²) in [5, 5.41) is 18.3. The Bertz CT molecular complexity index is 426. The number of ether oxygens (including phenoxy) is 2. The molecule has 2 aliphatic heterocycles.